The van der Waals surface area contributed by atoms with Gasteiger partial charge in [0.15, 0.2) is 5.96 Å². The number of aliphatic imine (C=N–C) groups is 1. The van der Waals surface area contributed by atoms with E-state index in [1.807, 2.05) is 18.2 Å². The second-order valence-electron chi connectivity index (χ2n) is 7.28. The van der Waals surface area contributed by atoms with E-state index in [1.54, 1.807) is 31.5 Å². The fraction of sp³-hybridized carbons (Fsp3) is 0.500. The van der Waals surface area contributed by atoms with E-state index in [-0.39, 0.29) is 6.04 Å². The van der Waals surface area contributed by atoms with E-state index in [0.717, 1.165) is 24.4 Å². The SMILES string of the molecule is CN=C(NCc1cccc(OCC(F)F)c1)NCC(c1ccco1)N1CCCCC1. The van der Waals surface area contributed by atoms with Crippen LogP contribution in [-0.4, -0.2) is 50.6 Å². The van der Waals surface area contributed by atoms with Gasteiger partial charge in [-0.15, -0.1) is 0 Å². The van der Waals surface area contributed by atoms with Gasteiger partial charge in [0.25, 0.3) is 6.43 Å². The normalized spacial score (nSPS) is 16.5. The standard InChI is InChI=1S/C22H30F2N4O2/c1-25-22(26-14-17-7-5-8-18(13-17)30-16-21(23)24)27-15-19(20-9-6-12-29-20)28-10-3-2-4-11-28/h5-9,12-13,19,21H,2-4,10-11,14-16H2,1H3,(H2,25,26,27). The van der Waals surface area contributed by atoms with E-state index < -0.39 is 13.0 Å². The van der Waals surface area contributed by atoms with Crippen molar-refractivity contribution in [3.8, 4) is 5.75 Å². The molecule has 3 rings (SSSR count). The summed E-state index contributed by atoms with van der Waals surface area (Å²) in [6.45, 7) is 2.69. The Balaban J connectivity index is 1.54. The van der Waals surface area contributed by atoms with Crippen molar-refractivity contribution in [3.05, 3.63) is 54.0 Å². The van der Waals surface area contributed by atoms with Crippen LogP contribution < -0.4 is 15.4 Å². The summed E-state index contributed by atoms with van der Waals surface area (Å²) in [6.07, 6.45) is 2.90. The molecular weight excluding hydrogens is 390 g/mol. The molecule has 2 aromatic rings. The summed E-state index contributed by atoms with van der Waals surface area (Å²) in [7, 11) is 1.72. The molecule has 0 radical (unpaired) electrons. The number of nitrogens with zero attached hydrogens (tertiary/aromatic N) is 2. The average molecular weight is 421 g/mol. The maximum Gasteiger partial charge on any atom is 0.272 e. The maximum absolute atomic E-state index is 12.3. The molecule has 1 aliphatic heterocycles. The number of ether oxygens (including phenoxy) is 1. The van der Waals surface area contributed by atoms with Crippen LogP contribution in [0.25, 0.3) is 0 Å². The van der Waals surface area contributed by atoms with Gasteiger partial charge in [0.05, 0.1) is 12.3 Å². The third-order valence-corrected chi connectivity index (χ3v) is 5.12. The van der Waals surface area contributed by atoms with Gasteiger partial charge in [-0.2, -0.15) is 0 Å². The highest BCUT2D eigenvalue weighted by Gasteiger charge is 2.24. The van der Waals surface area contributed by atoms with Crippen LogP contribution in [0.2, 0.25) is 0 Å². The fourth-order valence-electron chi connectivity index (χ4n) is 3.62. The lowest BCUT2D eigenvalue weighted by molar-refractivity contribution is 0.0818. The van der Waals surface area contributed by atoms with E-state index in [9.17, 15) is 8.78 Å². The third kappa shape index (κ3) is 6.73. The molecule has 1 saturated heterocycles. The molecule has 1 atom stereocenters. The molecule has 0 aliphatic carbocycles. The fourth-order valence-corrected chi connectivity index (χ4v) is 3.62. The van der Waals surface area contributed by atoms with E-state index in [1.165, 1.54) is 19.3 Å². The average Bonchev–Trinajstić information content (AvgIpc) is 3.30. The first-order valence-electron chi connectivity index (χ1n) is 10.4. The van der Waals surface area contributed by atoms with Gasteiger partial charge in [0, 0.05) is 20.1 Å². The Kier molecular flexibility index (Phi) is 8.50. The van der Waals surface area contributed by atoms with Gasteiger partial charge in [-0.1, -0.05) is 18.6 Å². The van der Waals surface area contributed by atoms with E-state index in [2.05, 4.69) is 20.5 Å². The molecule has 1 aromatic heterocycles. The van der Waals surface area contributed by atoms with Gasteiger partial charge >= 0.3 is 0 Å². The smallest absolute Gasteiger partial charge is 0.272 e. The van der Waals surface area contributed by atoms with Crippen LogP contribution >= 0.6 is 0 Å². The quantitative estimate of drug-likeness (QED) is 0.477. The Labute approximate surface area is 176 Å². The van der Waals surface area contributed by atoms with Crippen LogP contribution in [0.3, 0.4) is 0 Å². The molecule has 6 nitrogen and oxygen atoms in total. The number of rotatable bonds is 9. The monoisotopic (exact) mass is 420 g/mol. The number of alkyl halides is 2. The first-order chi connectivity index (χ1) is 14.7. The molecule has 2 N–H and O–H groups in total. The zero-order valence-electron chi connectivity index (χ0n) is 17.3. The van der Waals surface area contributed by atoms with Crippen molar-refractivity contribution in [2.24, 2.45) is 4.99 Å². The number of nitrogens with one attached hydrogen (secondary N) is 2. The van der Waals surface area contributed by atoms with E-state index >= 15 is 0 Å². The first-order valence-corrected chi connectivity index (χ1v) is 10.4. The maximum atomic E-state index is 12.3. The van der Waals surface area contributed by atoms with Gasteiger partial charge in [0.2, 0.25) is 0 Å². The topological polar surface area (TPSA) is 62.0 Å². The molecule has 30 heavy (non-hydrogen) atoms. The summed E-state index contributed by atoms with van der Waals surface area (Å²) in [4.78, 5) is 6.75. The summed E-state index contributed by atoms with van der Waals surface area (Å²) in [6, 6.07) is 11.2. The molecule has 0 spiro atoms. The number of guanidine groups is 1. The van der Waals surface area contributed by atoms with Crippen molar-refractivity contribution in [2.45, 2.75) is 38.3 Å². The Bertz CT molecular complexity index is 777. The number of halogens is 2. The molecule has 8 heteroatoms. The number of hydrogen-bond donors (Lipinski definition) is 2. The highest BCUT2D eigenvalue weighted by molar-refractivity contribution is 5.79. The summed E-state index contributed by atoms with van der Waals surface area (Å²) in [5, 5.41) is 6.65. The molecular formula is C22H30F2N4O2. The number of hydrogen-bond acceptors (Lipinski definition) is 4. The molecule has 0 saturated carbocycles. The summed E-state index contributed by atoms with van der Waals surface area (Å²) >= 11 is 0. The Morgan fingerprint density at radius 3 is 2.70 bits per heavy atom. The largest absolute Gasteiger partial charge is 0.488 e. The lowest BCUT2D eigenvalue weighted by Crippen LogP contribution is -2.44. The number of likely N-dealkylation sites (tertiary alicyclic amines) is 1. The second-order valence-corrected chi connectivity index (χ2v) is 7.28. The second kappa shape index (κ2) is 11.5. The van der Waals surface area contributed by atoms with Crippen LogP contribution in [0, 0.1) is 0 Å². The van der Waals surface area contributed by atoms with E-state index in [0.29, 0.717) is 24.8 Å². The van der Waals surface area contributed by atoms with Crippen molar-refractivity contribution in [3.63, 3.8) is 0 Å². The highest BCUT2D eigenvalue weighted by Crippen LogP contribution is 2.24. The number of benzene rings is 1. The van der Waals surface area contributed by atoms with Crippen molar-refractivity contribution in [1.82, 2.24) is 15.5 Å². The van der Waals surface area contributed by atoms with Crippen molar-refractivity contribution >= 4 is 5.96 Å². The summed E-state index contributed by atoms with van der Waals surface area (Å²) in [5.41, 5.74) is 0.920. The molecule has 2 heterocycles. The number of piperidine rings is 1. The van der Waals surface area contributed by atoms with Gasteiger partial charge in [0.1, 0.15) is 18.1 Å². The minimum absolute atomic E-state index is 0.143. The predicted molar refractivity (Wildman–Crippen MR) is 113 cm³/mol. The molecule has 1 aromatic carbocycles. The molecule has 164 valence electrons. The minimum atomic E-state index is -2.49. The van der Waals surface area contributed by atoms with E-state index in [4.69, 9.17) is 9.15 Å². The molecule has 1 fully saturated rings. The lowest BCUT2D eigenvalue weighted by atomic mass is 10.1. The Hall–Kier alpha value is -2.61. The number of furan rings is 1. The van der Waals surface area contributed by atoms with Gasteiger partial charge in [-0.3, -0.25) is 9.89 Å². The first kappa shape index (κ1) is 22.1. The van der Waals surface area contributed by atoms with Crippen molar-refractivity contribution < 1.29 is 17.9 Å². The zero-order valence-corrected chi connectivity index (χ0v) is 17.3. The van der Waals surface area contributed by atoms with Gasteiger partial charge < -0.3 is 19.8 Å². The van der Waals surface area contributed by atoms with Crippen LogP contribution in [0.5, 0.6) is 5.75 Å². The Morgan fingerprint density at radius 2 is 2.00 bits per heavy atom. The zero-order chi connectivity index (χ0) is 21.2. The Morgan fingerprint density at radius 1 is 1.17 bits per heavy atom. The van der Waals surface area contributed by atoms with Crippen LogP contribution in [-0.2, 0) is 6.54 Å². The van der Waals surface area contributed by atoms with Gasteiger partial charge in [-0.25, -0.2) is 8.78 Å². The summed E-state index contributed by atoms with van der Waals surface area (Å²) in [5.74, 6) is 2.05. The predicted octanol–water partition coefficient (Wildman–Crippen LogP) is 3.82. The molecule has 1 unspecified atom stereocenters. The lowest BCUT2D eigenvalue weighted by Gasteiger charge is -2.33. The molecule has 0 amide bonds. The van der Waals surface area contributed by atoms with Crippen molar-refractivity contribution in [2.75, 3.05) is 33.3 Å². The van der Waals surface area contributed by atoms with Crippen LogP contribution in [0.1, 0.15) is 36.6 Å². The van der Waals surface area contributed by atoms with Crippen molar-refractivity contribution in [1.29, 1.82) is 0 Å². The minimum Gasteiger partial charge on any atom is -0.488 e. The molecule has 0 bridgehead atoms. The van der Waals surface area contributed by atoms with Crippen LogP contribution in [0.15, 0.2) is 52.1 Å². The van der Waals surface area contributed by atoms with Crippen LogP contribution in [0.4, 0.5) is 8.78 Å². The molecule has 1 aliphatic rings. The summed E-state index contributed by atoms with van der Waals surface area (Å²) < 4.78 is 35.4. The van der Waals surface area contributed by atoms with Gasteiger partial charge in [-0.05, 0) is 55.8 Å². The third-order valence-electron chi connectivity index (χ3n) is 5.12. The highest BCUT2D eigenvalue weighted by atomic mass is 19.3.